The zero-order valence-corrected chi connectivity index (χ0v) is 20.8. The number of Topliss-reactive ketones (excluding diaryl/α,β-unsaturated/α-hetero) is 2. The number of non-ortho nitro benzene ring substituents is 2. The fourth-order valence-electron chi connectivity index (χ4n) is 3.98. The van der Waals surface area contributed by atoms with Gasteiger partial charge in [-0.3, -0.25) is 34.6 Å². The predicted octanol–water partition coefficient (Wildman–Crippen LogP) is 5.78. The lowest BCUT2D eigenvalue weighted by molar-refractivity contribution is -0.385. The number of nitro groups is 2. The number of rotatable bonds is 10. The Morgan fingerprint density at radius 1 is 0.947 bits per heavy atom. The lowest BCUT2D eigenvalue weighted by Crippen LogP contribution is -2.19. The van der Waals surface area contributed by atoms with Crippen molar-refractivity contribution in [2.45, 2.75) is 58.3 Å². The molecule has 0 saturated heterocycles. The maximum Gasteiger partial charge on any atom is 0.326 e. The van der Waals surface area contributed by atoms with Crippen LogP contribution in [0.4, 0.5) is 11.4 Å². The molecule has 3 aromatic rings. The van der Waals surface area contributed by atoms with Crippen LogP contribution in [-0.4, -0.2) is 32.5 Å². The van der Waals surface area contributed by atoms with Gasteiger partial charge in [0.05, 0.1) is 9.85 Å². The molecule has 4 rings (SSSR count). The minimum absolute atomic E-state index is 0.0344. The molecular formula is C26H26N2O10. The van der Waals surface area contributed by atoms with Crippen LogP contribution in [0.25, 0.3) is 11.0 Å². The van der Waals surface area contributed by atoms with Crippen LogP contribution in [0.1, 0.15) is 74.2 Å². The van der Waals surface area contributed by atoms with E-state index in [1.54, 1.807) is 0 Å². The summed E-state index contributed by atoms with van der Waals surface area (Å²) in [5.41, 5.74) is 0.318. The van der Waals surface area contributed by atoms with Crippen molar-refractivity contribution in [3.8, 4) is 11.7 Å². The maximum absolute atomic E-state index is 12.0. The van der Waals surface area contributed by atoms with Gasteiger partial charge in [-0.25, -0.2) is 0 Å². The number of nitrogens with zero attached hydrogens (tertiary/aromatic N) is 2. The molecule has 1 unspecified atom stereocenters. The number of ketones is 2. The van der Waals surface area contributed by atoms with E-state index in [4.69, 9.17) is 9.15 Å². The maximum atomic E-state index is 12.0. The number of benzene rings is 2. The van der Waals surface area contributed by atoms with E-state index in [0.717, 1.165) is 12.8 Å². The van der Waals surface area contributed by atoms with E-state index >= 15 is 0 Å². The molecule has 0 fully saturated rings. The van der Waals surface area contributed by atoms with Crippen LogP contribution in [0.2, 0.25) is 0 Å². The molecule has 0 radical (unpaired) electrons. The van der Waals surface area contributed by atoms with E-state index in [1.165, 1.54) is 36.4 Å². The number of fused-ring (bicyclic) bond motifs is 2. The van der Waals surface area contributed by atoms with Gasteiger partial charge in [-0.15, -0.1) is 0 Å². The van der Waals surface area contributed by atoms with Crippen molar-refractivity contribution in [3.05, 3.63) is 67.8 Å². The van der Waals surface area contributed by atoms with E-state index in [2.05, 4.69) is 0 Å². The summed E-state index contributed by atoms with van der Waals surface area (Å²) in [5, 5.41) is 31.4. The van der Waals surface area contributed by atoms with E-state index in [1.807, 2.05) is 13.8 Å². The number of unbranched alkanes of at least 4 members (excludes halogenated alkanes) is 2. The number of carbonyl (C=O) groups excluding carboxylic acids is 3. The van der Waals surface area contributed by atoms with Crippen LogP contribution in [0.5, 0.6) is 11.7 Å². The third kappa shape index (κ3) is 6.02. The minimum atomic E-state index is -1.01. The Morgan fingerprint density at radius 3 is 2.18 bits per heavy atom. The fourth-order valence-corrected chi connectivity index (χ4v) is 3.98. The summed E-state index contributed by atoms with van der Waals surface area (Å²) in [6, 6.07) is 7.76. The van der Waals surface area contributed by atoms with Gasteiger partial charge < -0.3 is 14.3 Å². The highest BCUT2D eigenvalue weighted by molar-refractivity contribution is 6.10. The molecule has 1 N–H and O–H groups in total. The van der Waals surface area contributed by atoms with Crippen molar-refractivity contribution >= 4 is 39.9 Å². The highest BCUT2D eigenvalue weighted by Crippen LogP contribution is 2.38. The molecule has 0 saturated carbocycles. The van der Waals surface area contributed by atoms with E-state index in [9.17, 15) is 39.7 Å². The van der Waals surface area contributed by atoms with Gasteiger partial charge in [-0.2, -0.15) is 0 Å². The van der Waals surface area contributed by atoms with Gasteiger partial charge in [-0.05, 0) is 25.0 Å². The summed E-state index contributed by atoms with van der Waals surface area (Å²) in [5.74, 6) is -2.40. The normalized spacial score (nSPS) is 13.8. The number of hydrogen-bond acceptors (Lipinski definition) is 10. The summed E-state index contributed by atoms with van der Waals surface area (Å²) in [6.07, 6.45) is 3.63. The van der Waals surface area contributed by atoms with Crippen molar-refractivity contribution in [1.29, 1.82) is 0 Å². The largest absolute Gasteiger partial charge is 0.480 e. The summed E-state index contributed by atoms with van der Waals surface area (Å²) >= 11 is 0. The first-order valence-electron chi connectivity index (χ1n) is 12.0. The summed E-state index contributed by atoms with van der Waals surface area (Å²) < 4.78 is 10.0. The number of aromatic hydroxyl groups is 1. The smallest absolute Gasteiger partial charge is 0.326 e. The van der Waals surface area contributed by atoms with E-state index in [-0.39, 0.29) is 58.1 Å². The highest BCUT2D eigenvalue weighted by Gasteiger charge is 2.39. The van der Waals surface area contributed by atoms with Crippen molar-refractivity contribution in [2.24, 2.45) is 0 Å². The third-order valence-electron chi connectivity index (χ3n) is 5.96. The Labute approximate surface area is 216 Å². The molecule has 12 nitrogen and oxygen atoms in total. The predicted molar refractivity (Wildman–Crippen MR) is 134 cm³/mol. The molecule has 200 valence electrons. The Hall–Kier alpha value is -4.61. The van der Waals surface area contributed by atoms with Gasteiger partial charge in [0.25, 0.3) is 17.3 Å². The Kier molecular flexibility index (Phi) is 8.89. The summed E-state index contributed by atoms with van der Waals surface area (Å²) in [6.45, 7) is 3.89. The topological polar surface area (TPSA) is 180 Å². The first-order valence-corrected chi connectivity index (χ1v) is 12.0. The van der Waals surface area contributed by atoms with Gasteiger partial charge in [0.15, 0.2) is 11.6 Å². The number of carbonyl (C=O) groups is 3. The molecule has 1 atom stereocenters. The number of furan rings is 1. The molecule has 1 aliphatic rings. The Morgan fingerprint density at radius 2 is 1.55 bits per heavy atom. The lowest BCUT2D eigenvalue weighted by Gasteiger charge is -2.05. The molecule has 1 aliphatic heterocycles. The molecule has 2 heterocycles. The molecule has 0 amide bonds. The SMILES string of the molecule is CCCCC(=O)C1C(=O)Oc2ccc([N+](=O)[O-])cc21.CCCCC(=O)c1c(O)oc2ccc([N+](=O)[O-])cc12. The van der Waals surface area contributed by atoms with Gasteiger partial charge in [0.1, 0.15) is 22.8 Å². The number of esters is 1. The van der Waals surface area contributed by atoms with Crippen LogP contribution >= 0.6 is 0 Å². The number of hydrogen-bond donors (Lipinski definition) is 1. The zero-order chi connectivity index (χ0) is 28.0. The molecule has 2 aromatic carbocycles. The van der Waals surface area contributed by atoms with E-state index < -0.39 is 27.7 Å². The standard InChI is InChI=1S/2C13H13NO5/c2*1-2-3-4-10(15)12-9-7-8(14(17)18)5-6-11(9)19-13(12)16/h5-7,16H,2-4H2,1H3;5-7,12H,2-4H2,1H3. The summed E-state index contributed by atoms with van der Waals surface area (Å²) in [4.78, 5) is 56.0. The van der Waals surface area contributed by atoms with Crippen LogP contribution in [0.15, 0.2) is 40.8 Å². The van der Waals surface area contributed by atoms with Crippen molar-refractivity contribution in [3.63, 3.8) is 0 Å². The average Bonchev–Trinajstić information content (AvgIpc) is 3.39. The number of nitro benzene ring substituents is 2. The second kappa shape index (κ2) is 12.1. The van der Waals surface area contributed by atoms with Gasteiger partial charge in [-0.1, -0.05) is 26.7 Å². The molecule has 38 heavy (non-hydrogen) atoms. The monoisotopic (exact) mass is 526 g/mol. The zero-order valence-electron chi connectivity index (χ0n) is 20.8. The molecule has 12 heteroatoms. The molecular weight excluding hydrogens is 500 g/mol. The van der Waals surface area contributed by atoms with Gasteiger partial charge in [0, 0.05) is 48.1 Å². The van der Waals surface area contributed by atoms with Crippen molar-refractivity contribution in [1.82, 2.24) is 0 Å². The van der Waals surface area contributed by atoms with Crippen molar-refractivity contribution in [2.75, 3.05) is 0 Å². The Bertz CT molecular complexity index is 1410. The lowest BCUT2D eigenvalue weighted by atomic mass is 9.93. The van der Waals surface area contributed by atoms with Crippen LogP contribution in [0, 0.1) is 20.2 Å². The molecule has 0 bridgehead atoms. The van der Waals surface area contributed by atoms with Gasteiger partial charge in [0.2, 0.25) is 0 Å². The van der Waals surface area contributed by atoms with Crippen LogP contribution < -0.4 is 4.74 Å². The quantitative estimate of drug-likeness (QED) is 0.0849. The fraction of sp³-hybridized carbons (Fsp3) is 0.346. The van der Waals surface area contributed by atoms with Gasteiger partial charge >= 0.3 is 5.97 Å². The summed E-state index contributed by atoms with van der Waals surface area (Å²) in [7, 11) is 0. The highest BCUT2D eigenvalue weighted by atomic mass is 16.6. The Balaban J connectivity index is 0.000000211. The number of ether oxygens (including phenoxy) is 1. The first-order chi connectivity index (χ1) is 18.1. The second-order valence-corrected chi connectivity index (χ2v) is 8.65. The average molecular weight is 526 g/mol. The molecule has 0 aliphatic carbocycles. The first kappa shape index (κ1) is 28.0. The molecule has 0 spiro atoms. The van der Waals surface area contributed by atoms with Crippen molar-refractivity contribution < 1.29 is 38.5 Å². The van der Waals surface area contributed by atoms with Crippen LogP contribution in [-0.2, 0) is 9.59 Å². The molecule has 1 aromatic heterocycles. The van der Waals surface area contributed by atoms with Crippen LogP contribution in [0.3, 0.4) is 0 Å². The second-order valence-electron chi connectivity index (χ2n) is 8.65. The minimum Gasteiger partial charge on any atom is -0.480 e. The van der Waals surface area contributed by atoms with E-state index in [0.29, 0.717) is 18.4 Å². The third-order valence-corrected chi connectivity index (χ3v) is 5.96.